The van der Waals surface area contributed by atoms with Crippen molar-refractivity contribution in [1.82, 2.24) is 20.6 Å². The number of sulfonamides is 1. The van der Waals surface area contributed by atoms with E-state index in [1.165, 1.54) is 23.1 Å². The second kappa shape index (κ2) is 15.7. The fourth-order valence-electron chi connectivity index (χ4n) is 5.90. The number of rotatable bonds is 13. The third-order valence-electron chi connectivity index (χ3n) is 8.46. The van der Waals surface area contributed by atoms with Crippen LogP contribution in [-0.2, 0) is 38.4 Å². The number of nitrogens with zero attached hydrogens (tertiary/aromatic N) is 4. The summed E-state index contributed by atoms with van der Waals surface area (Å²) in [5, 5.41) is 10.2. The minimum atomic E-state index is -4.82. The minimum absolute atomic E-state index is 0.0108. The van der Waals surface area contributed by atoms with E-state index in [9.17, 15) is 44.3 Å². The van der Waals surface area contributed by atoms with Gasteiger partial charge in [0, 0.05) is 45.2 Å². The Morgan fingerprint density at radius 3 is 2.19 bits per heavy atom. The van der Waals surface area contributed by atoms with Crippen molar-refractivity contribution in [2.75, 3.05) is 48.3 Å². The molecular weight excluding hydrogens is 668 g/mol. The molecular formula is C30H39F6N7O4S. The molecule has 2 aliphatic heterocycles. The Hall–Kier alpha value is -3.67. The Kier molecular flexibility index (Phi) is 12.1. The molecule has 3 heterocycles. The van der Waals surface area contributed by atoms with Crippen molar-refractivity contribution in [1.29, 1.82) is 0 Å². The number of anilines is 2. The second-order valence-electron chi connectivity index (χ2n) is 12.0. The Morgan fingerprint density at radius 2 is 1.56 bits per heavy atom. The summed E-state index contributed by atoms with van der Waals surface area (Å²) >= 11 is 0. The molecule has 4 rings (SSSR count). The van der Waals surface area contributed by atoms with Crippen molar-refractivity contribution in [3.05, 3.63) is 47.3 Å². The molecule has 0 radical (unpaired) electrons. The van der Waals surface area contributed by atoms with Crippen molar-refractivity contribution in [3.8, 4) is 0 Å². The summed E-state index contributed by atoms with van der Waals surface area (Å²) in [5.74, 6) is -2.01. The maximum atomic E-state index is 13.9. The molecule has 266 valence electrons. The van der Waals surface area contributed by atoms with E-state index in [-0.39, 0.29) is 55.1 Å². The first-order chi connectivity index (χ1) is 22.5. The van der Waals surface area contributed by atoms with Crippen LogP contribution in [0.1, 0.15) is 61.9 Å². The summed E-state index contributed by atoms with van der Waals surface area (Å²) in [5.41, 5.74) is -0.183. The smallest absolute Gasteiger partial charge is 0.356 e. The lowest BCUT2D eigenvalue weighted by molar-refractivity contribution is -0.144. The lowest BCUT2D eigenvalue weighted by Gasteiger charge is -2.34. The van der Waals surface area contributed by atoms with Gasteiger partial charge in [0.25, 0.3) is 0 Å². The summed E-state index contributed by atoms with van der Waals surface area (Å²) in [7, 11) is -3.66. The molecule has 0 aliphatic carbocycles. The highest BCUT2D eigenvalue weighted by molar-refractivity contribution is 7.89. The van der Waals surface area contributed by atoms with Crippen molar-refractivity contribution in [3.63, 3.8) is 0 Å². The number of nitrogens with two attached hydrogens (primary N) is 1. The summed E-state index contributed by atoms with van der Waals surface area (Å²) in [6.07, 6.45) is -5.21. The maximum absolute atomic E-state index is 13.9. The van der Waals surface area contributed by atoms with E-state index < -0.39 is 45.7 Å². The van der Waals surface area contributed by atoms with E-state index in [1.54, 1.807) is 4.90 Å². The Morgan fingerprint density at radius 1 is 0.896 bits per heavy atom. The van der Waals surface area contributed by atoms with Gasteiger partial charge in [0.1, 0.15) is 17.7 Å². The average molecular weight is 708 g/mol. The van der Waals surface area contributed by atoms with Crippen LogP contribution in [0.4, 0.5) is 38.0 Å². The van der Waals surface area contributed by atoms with Gasteiger partial charge in [0.15, 0.2) is 0 Å². The molecule has 0 saturated carbocycles. The topological polar surface area (TPSA) is 151 Å². The predicted molar refractivity (Wildman–Crippen MR) is 165 cm³/mol. The van der Waals surface area contributed by atoms with Gasteiger partial charge in [-0.25, -0.2) is 23.5 Å². The molecule has 18 heteroatoms. The van der Waals surface area contributed by atoms with Gasteiger partial charge in [0.2, 0.25) is 27.7 Å². The lowest BCUT2D eigenvalue weighted by Crippen LogP contribution is -2.44. The number of aromatic nitrogens is 2. The average Bonchev–Trinajstić information content (AvgIpc) is 3.50. The van der Waals surface area contributed by atoms with Crippen LogP contribution in [0, 0.1) is 5.92 Å². The largest absolute Gasteiger partial charge is 0.451 e. The van der Waals surface area contributed by atoms with Crippen LogP contribution < -0.4 is 25.6 Å². The van der Waals surface area contributed by atoms with E-state index in [4.69, 9.17) is 5.14 Å². The first kappa shape index (κ1) is 37.2. The summed E-state index contributed by atoms with van der Waals surface area (Å²) < 4.78 is 102. The molecule has 4 N–H and O–H groups in total. The monoisotopic (exact) mass is 707 g/mol. The van der Waals surface area contributed by atoms with E-state index >= 15 is 0 Å². The number of hydrogen-bond donors (Lipinski definition) is 3. The molecule has 1 atom stereocenters. The number of amides is 2. The number of halogens is 6. The maximum Gasteiger partial charge on any atom is 0.451 e. The molecule has 2 amide bonds. The Bertz CT molecular complexity index is 1520. The molecule has 2 fully saturated rings. The van der Waals surface area contributed by atoms with E-state index in [0.717, 1.165) is 18.6 Å². The molecule has 11 nitrogen and oxygen atoms in total. The van der Waals surface area contributed by atoms with Gasteiger partial charge in [0.05, 0.1) is 11.3 Å². The van der Waals surface area contributed by atoms with Gasteiger partial charge in [-0.05, 0) is 68.6 Å². The van der Waals surface area contributed by atoms with E-state index in [1.807, 2.05) is 0 Å². The van der Waals surface area contributed by atoms with Gasteiger partial charge in [-0.15, -0.1) is 0 Å². The number of carbonyl (C=O) groups excluding carboxylic acids is 2. The lowest BCUT2D eigenvalue weighted by atomic mass is 9.91. The molecule has 0 spiro atoms. The zero-order chi connectivity index (χ0) is 35.1. The molecule has 1 aromatic heterocycles. The summed E-state index contributed by atoms with van der Waals surface area (Å²) in [6, 6.07) is 5.30. The van der Waals surface area contributed by atoms with E-state index in [2.05, 4.69) is 20.6 Å². The number of piperidine rings is 1. The second-order valence-corrected chi connectivity index (χ2v) is 13.8. The predicted octanol–water partition coefficient (Wildman–Crippen LogP) is 3.63. The van der Waals surface area contributed by atoms with Crippen molar-refractivity contribution >= 4 is 33.5 Å². The molecule has 2 aliphatic rings. The molecule has 0 unspecified atom stereocenters. The third kappa shape index (κ3) is 10.9. The standard InChI is InChI=1S/C30H39F6N7O4S/c31-29(32,33)22-8-6-21(7-9-22)10-13-39-27(45)23-4-2-15-43(23)25-19-24(40-28(41-25)30(34,35)36)42-16-11-20(12-17-42)3-1-5-26(44)38-14-18-48(37,46)47/h6-9,19-20,23H,1-5,10-18H2,(H,38,44)(H,39,45)(H2,37,46,47)/t23-/m0/s1. The highest BCUT2D eigenvalue weighted by Crippen LogP contribution is 2.34. The van der Waals surface area contributed by atoms with Crippen LogP contribution in [-0.4, -0.2) is 74.7 Å². The normalized spacial score (nSPS) is 17.9. The van der Waals surface area contributed by atoms with Crippen molar-refractivity contribution in [2.45, 2.75) is 69.8 Å². The molecule has 2 aromatic rings. The van der Waals surface area contributed by atoms with Gasteiger partial charge < -0.3 is 20.4 Å². The van der Waals surface area contributed by atoms with Crippen LogP contribution in [0.3, 0.4) is 0 Å². The van der Waals surface area contributed by atoms with Gasteiger partial charge in [-0.2, -0.15) is 26.3 Å². The fraction of sp³-hybridized carbons (Fsp3) is 0.600. The summed E-state index contributed by atoms with van der Waals surface area (Å²) in [6.45, 7) is 1.25. The zero-order valence-electron chi connectivity index (χ0n) is 26.1. The molecule has 2 saturated heterocycles. The van der Waals surface area contributed by atoms with Crippen LogP contribution in [0.25, 0.3) is 0 Å². The summed E-state index contributed by atoms with van der Waals surface area (Å²) in [4.78, 5) is 36.0. The number of primary sulfonamides is 1. The zero-order valence-corrected chi connectivity index (χ0v) is 26.9. The highest BCUT2D eigenvalue weighted by atomic mass is 32.2. The number of nitrogens with one attached hydrogen (secondary N) is 2. The first-order valence-electron chi connectivity index (χ1n) is 15.7. The van der Waals surface area contributed by atoms with Gasteiger partial charge >= 0.3 is 12.4 Å². The van der Waals surface area contributed by atoms with Crippen molar-refractivity contribution in [2.24, 2.45) is 11.1 Å². The highest BCUT2D eigenvalue weighted by Gasteiger charge is 2.39. The third-order valence-corrected chi connectivity index (χ3v) is 9.23. The van der Waals surface area contributed by atoms with Crippen LogP contribution in [0.5, 0.6) is 0 Å². The quantitative estimate of drug-likeness (QED) is 0.267. The SMILES string of the molecule is NS(=O)(=O)CCNC(=O)CCCC1CCN(c2cc(N3CCC[C@H]3C(=O)NCCc3ccc(C(F)(F)F)cc3)nc(C(F)(F)F)n2)CC1. The van der Waals surface area contributed by atoms with Crippen LogP contribution in [0.15, 0.2) is 30.3 Å². The van der Waals surface area contributed by atoms with Crippen LogP contribution >= 0.6 is 0 Å². The number of benzene rings is 1. The molecule has 0 bridgehead atoms. The molecule has 48 heavy (non-hydrogen) atoms. The Labute approximate surface area is 274 Å². The van der Waals surface area contributed by atoms with Gasteiger partial charge in [-0.1, -0.05) is 12.1 Å². The number of hydrogen-bond acceptors (Lipinski definition) is 8. The number of carbonyl (C=O) groups is 2. The minimum Gasteiger partial charge on any atom is -0.356 e. The molecule has 1 aromatic carbocycles. The van der Waals surface area contributed by atoms with Gasteiger partial charge in [-0.3, -0.25) is 9.59 Å². The van der Waals surface area contributed by atoms with Crippen molar-refractivity contribution < 1.29 is 44.3 Å². The van der Waals surface area contributed by atoms with E-state index in [0.29, 0.717) is 57.3 Å². The Balaban J connectivity index is 1.33. The number of alkyl halides is 6. The van der Waals surface area contributed by atoms with Crippen LogP contribution in [0.2, 0.25) is 0 Å². The first-order valence-corrected chi connectivity index (χ1v) is 17.4. The fourth-order valence-corrected chi connectivity index (χ4v) is 6.29.